The second-order valence-electron chi connectivity index (χ2n) is 4.55. The van der Waals surface area contributed by atoms with E-state index in [0.29, 0.717) is 17.7 Å². The number of aliphatic hydroxyl groups is 1. The van der Waals surface area contributed by atoms with Gasteiger partial charge in [-0.1, -0.05) is 0 Å². The van der Waals surface area contributed by atoms with Crippen molar-refractivity contribution in [3.05, 3.63) is 23.8 Å². The first-order valence-electron chi connectivity index (χ1n) is 6.42. The van der Waals surface area contributed by atoms with Gasteiger partial charge in [-0.15, -0.1) is 0 Å². The molecule has 0 saturated heterocycles. The molecule has 0 aromatic heterocycles. The molecular formula is C14H18N2O3. The highest BCUT2D eigenvalue weighted by Gasteiger charge is 2.33. The van der Waals surface area contributed by atoms with E-state index in [1.165, 1.54) is 4.90 Å². The Morgan fingerprint density at radius 2 is 2.05 bits per heavy atom. The van der Waals surface area contributed by atoms with Crippen molar-refractivity contribution in [2.24, 2.45) is 0 Å². The molecule has 1 amide bonds. The molecule has 5 nitrogen and oxygen atoms in total. The van der Waals surface area contributed by atoms with Gasteiger partial charge < -0.3 is 14.9 Å². The number of likely N-dealkylation sites (N-methyl/N-ethyl adjacent to an activating group) is 1. The molecule has 0 bridgehead atoms. The van der Waals surface area contributed by atoms with Crippen LogP contribution in [0.2, 0.25) is 0 Å². The Bertz CT molecular complexity index is 513. The number of carbonyl (C=O) groups is 2. The van der Waals surface area contributed by atoms with Crippen LogP contribution in [0.3, 0.4) is 0 Å². The Hall–Kier alpha value is -1.88. The fourth-order valence-electron chi connectivity index (χ4n) is 2.29. The third-order valence-corrected chi connectivity index (χ3v) is 3.42. The highest BCUT2D eigenvalue weighted by Crippen LogP contribution is 2.31. The van der Waals surface area contributed by atoms with Gasteiger partial charge in [-0.05, 0) is 31.5 Å². The van der Waals surface area contributed by atoms with Gasteiger partial charge in [0.15, 0.2) is 0 Å². The summed E-state index contributed by atoms with van der Waals surface area (Å²) in [6.45, 7) is 3.74. The van der Waals surface area contributed by atoms with E-state index in [1.807, 2.05) is 19.1 Å². The number of Topliss-reactive ketones (excluding diaryl/α,β-unsaturated/α-hetero) is 1. The molecule has 0 atom stereocenters. The largest absolute Gasteiger partial charge is 0.396 e. The zero-order valence-electron chi connectivity index (χ0n) is 11.2. The monoisotopic (exact) mass is 262 g/mol. The minimum Gasteiger partial charge on any atom is -0.396 e. The van der Waals surface area contributed by atoms with E-state index in [1.54, 1.807) is 13.1 Å². The summed E-state index contributed by atoms with van der Waals surface area (Å²) in [6.07, 6.45) is 0.693. The highest BCUT2D eigenvalue weighted by molar-refractivity contribution is 6.52. The maximum absolute atomic E-state index is 11.7. The summed E-state index contributed by atoms with van der Waals surface area (Å²) in [5.74, 6) is -0.923. The molecule has 5 heteroatoms. The molecule has 0 radical (unpaired) electrons. The molecule has 2 rings (SSSR count). The Balaban J connectivity index is 2.31. The molecular weight excluding hydrogens is 244 g/mol. The highest BCUT2D eigenvalue weighted by atomic mass is 16.3. The van der Waals surface area contributed by atoms with E-state index in [9.17, 15) is 9.59 Å². The van der Waals surface area contributed by atoms with Gasteiger partial charge >= 0.3 is 0 Å². The lowest BCUT2D eigenvalue weighted by atomic mass is 10.1. The van der Waals surface area contributed by atoms with Gasteiger partial charge in [0.1, 0.15) is 0 Å². The average molecular weight is 262 g/mol. The predicted molar refractivity (Wildman–Crippen MR) is 73.8 cm³/mol. The fraction of sp³-hybridized carbons (Fsp3) is 0.429. The number of hydrogen-bond acceptors (Lipinski definition) is 4. The molecule has 1 aliphatic heterocycles. The quantitative estimate of drug-likeness (QED) is 0.806. The standard InChI is InChI=1S/C14H18N2O3/c1-3-16(7-4-8-17)10-5-6-11-12(9-10)15(2)14(19)13(11)18/h5-6,9,17H,3-4,7-8H2,1-2H3. The van der Waals surface area contributed by atoms with Crippen molar-refractivity contribution < 1.29 is 14.7 Å². The number of aliphatic hydroxyl groups excluding tert-OH is 1. The van der Waals surface area contributed by atoms with Crippen LogP contribution in [-0.2, 0) is 4.79 Å². The summed E-state index contributed by atoms with van der Waals surface area (Å²) < 4.78 is 0. The Morgan fingerprint density at radius 1 is 1.32 bits per heavy atom. The van der Waals surface area contributed by atoms with Crippen molar-refractivity contribution in [1.29, 1.82) is 0 Å². The number of carbonyl (C=O) groups excluding carboxylic acids is 2. The molecule has 0 unspecified atom stereocenters. The van der Waals surface area contributed by atoms with Crippen LogP contribution in [0.5, 0.6) is 0 Å². The van der Waals surface area contributed by atoms with Crippen molar-refractivity contribution in [3.8, 4) is 0 Å². The zero-order chi connectivity index (χ0) is 14.0. The number of ketones is 1. The summed E-state index contributed by atoms with van der Waals surface area (Å²) in [5, 5.41) is 8.90. The Labute approximate surface area is 112 Å². The van der Waals surface area contributed by atoms with E-state index in [-0.39, 0.29) is 6.61 Å². The normalized spacial score (nSPS) is 13.9. The number of hydrogen-bond donors (Lipinski definition) is 1. The first kappa shape index (κ1) is 13.5. The molecule has 1 heterocycles. The second-order valence-corrected chi connectivity index (χ2v) is 4.55. The summed E-state index contributed by atoms with van der Waals surface area (Å²) in [6, 6.07) is 5.42. The van der Waals surface area contributed by atoms with Gasteiger partial charge in [0.05, 0.1) is 11.3 Å². The zero-order valence-corrected chi connectivity index (χ0v) is 11.2. The van der Waals surface area contributed by atoms with Crippen molar-refractivity contribution >= 4 is 23.1 Å². The van der Waals surface area contributed by atoms with E-state index in [2.05, 4.69) is 4.90 Å². The second kappa shape index (κ2) is 5.40. The van der Waals surface area contributed by atoms with Crippen LogP contribution in [0.15, 0.2) is 18.2 Å². The fourth-order valence-corrected chi connectivity index (χ4v) is 2.29. The van der Waals surface area contributed by atoms with Crippen LogP contribution >= 0.6 is 0 Å². The van der Waals surface area contributed by atoms with Gasteiger partial charge in [-0.2, -0.15) is 0 Å². The number of benzene rings is 1. The summed E-state index contributed by atoms with van der Waals surface area (Å²) in [7, 11) is 1.61. The van der Waals surface area contributed by atoms with Gasteiger partial charge in [-0.25, -0.2) is 0 Å². The van der Waals surface area contributed by atoms with E-state index in [4.69, 9.17) is 5.11 Å². The maximum Gasteiger partial charge on any atom is 0.299 e. The van der Waals surface area contributed by atoms with Crippen molar-refractivity contribution in [2.45, 2.75) is 13.3 Å². The summed E-state index contributed by atoms with van der Waals surface area (Å²) >= 11 is 0. The van der Waals surface area contributed by atoms with Gasteiger partial charge in [-0.3, -0.25) is 9.59 Å². The van der Waals surface area contributed by atoms with Crippen molar-refractivity contribution in [3.63, 3.8) is 0 Å². The lowest BCUT2D eigenvalue weighted by Gasteiger charge is -2.23. The summed E-state index contributed by atoms with van der Waals surface area (Å²) in [4.78, 5) is 26.8. The molecule has 1 aromatic carbocycles. The first-order valence-corrected chi connectivity index (χ1v) is 6.42. The molecule has 102 valence electrons. The Morgan fingerprint density at radius 3 is 2.68 bits per heavy atom. The van der Waals surface area contributed by atoms with Crippen LogP contribution in [0.25, 0.3) is 0 Å². The Kier molecular flexibility index (Phi) is 3.85. The topological polar surface area (TPSA) is 60.9 Å². The molecule has 0 spiro atoms. The van der Waals surface area contributed by atoms with E-state index >= 15 is 0 Å². The minimum atomic E-state index is -0.481. The molecule has 0 fully saturated rings. The van der Waals surface area contributed by atoms with Gasteiger partial charge in [0.2, 0.25) is 0 Å². The molecule has 1 aromatic rings. The number of nitrogens with zero attached hydrogens (tertiary/aromatic N) is 2. The third kappa shape index (κ3) is 2.33. The van der Waals surface area contributed by atoms with Crippen LogP contribution in [-0.4, -0.2) is 43.5 Å². The van der Waals surface area contributed by atoms with Crippen LogP contribution in [0.4, 0.5) is 11.4 Å². The third-order valence-electron chi connectivity index (χ3n) is 3.42. The molecule has 0 saturated carbocycles. The average Bonchev–Trinajstić information content (AvgIpc) is 2.65. The van der Waals surface area contributed by atoms with Crippen molar-refractivity contribution in [1.82, 2.24) is 0 Å². The SMILES string of the molecule is CCN(CCCO)c1ccc2c(c1)N(C)C(=O)C2=O. The van der Waals surface area contributed by atoms with Gasteiger partial charge in [0.25, 0.3) is 11.7 Å². The van der Waals surface area contributed by atoms with Crippen LogP contribution in [0.1, 0.15) is 23.7 Å². The summed E-state index contributed by atoms with van der Waals surface area (Å²) in [5.41, 5.74) is 2.09. The minimum absolute atomic E-state index is 0.151. The molecule has 1 N–H and O–H groups in total. The van der Waals surface area contributed by atoms with E-state index < -0.39 is 11.7 Å². The number of anilines is 2. The number of amides is 1. The van der Waals surface area contributed by atoms with Crippen molar-refractivity contribution in [2.75, 3.05) is 36.5 Å². The lowest BCUT2D eigenvalue weighted by Crippen LogP contribution is -2.26. The smallest absolute Gasteiger partial charge is 0.299 e. The molecule has 1 aliphatic rings. The van der Waals surface area contributed by atoms with E-state index in [0.717, 1.165) is 18.8 Å². The predicted octanol–water partition coefficient (Wildman–Crippen LogP) is 1.05. The maximum atomic E-state index is 11.7. The molecule has 19 heavy (non-hydrogen) atoms. The lowest BCUT2D eigenvalue weighted by molar-refractivity contribution is -0.114. The first-order chi connectivity index (χ1) is 9.10. The van der Waals surface area contributed by atoms with Crippen LogP contribution < -0.4 is 9.80 Å². The van der Waals surface area contributed by atoms with Crippen LogP contribution in [0, 0.1) is 0 Å². The number of rotatable bonds is 5. The van der Waals surface area contributed by atoms with Gasteiger partial charge in [0, 0.05) is 32.4 Å². The number of fused-ring (bicyclic) bond motifs is 1. The molecule has 0 aliphatic carbocycles.